The van der Waals surface area contributed by atoms with Crippen LogP contribution in [-0.4, -0.2) is 58.6 Å². The van der Waals surface area contributed by atoms with Gasteiger partial charge < -0.3 is 14.8 Å². The summed E-state index contributed by atoms with van der Waals surface area (Å²) in [6, 6.07) is 10.1. The molecule has 4 rings (SSSR count). The Kier molecular flexibility index (Phi) is 7.09. The molecule has 0 unspecified atom stereocenters. The number of nitrogens with one attached hydrogen (secondary N) is 1. The van der Waals surface area contributed by atoms with Crippen molar-refractivity contribution < 1.29 is 4.79 Å². The summed E-state index contributed by atoms with van der Waals surface area (Å²) in [4.78, 5) is 39.3. The zero-order valence-electron chi connectivity index (χ0n) is 18.0. The van der Waals surface area contributed by atoms with E-state index in [2.05, 4.69) is 14.9 Å². The van der Waals surface area contributed by atoms with Crippen molar-refractivity contribution in [2.24, 2.45) is 0 Å². The Balaban J connectivity index is 1.38. The quantitative estimate of drug-likeness (QED) is 0.535. The number of nitrogens with zero attached hydrogens (tertiary/aromatic N) is 3. The van der Waals surface area contributed by atoms with Crippen LogP contribution in [0.25, 0.3) is 10.2 Å². The average Bonchev–Trinajstić information content (AvgIpc) is 3.32. The van der Waals surface area contributed by atoms with E-state index in [1.54, 1.807) is 11.3 Å². The van der Waals surface area contributed by atoms with Gasteiger partial charge in [-0.3, -0.25) is 9.59 Å². The molecule has 1 aliphatic rings. The molecule has 1 aliphatic carbocycles. The Bertz CT molecular complexity index is 1110. The molecule has 6 nitrogen and oxygen atoms in total. The van der Waals surface area contributed by atoms with E-state index in [9.17, 15) is 9.59 Å². The number of rotatable bonds is 9. The zero-order valence-corrected chi connectivity index (χ0v) is 19.7. The number of thiophene rings is 1. The van der Waals surface area contributed by atoms with Gasteiger partial charge in [-0.25, -0.2) is 4.98 Å². The summed E-state index contributed by atoms with van der Waals surface area (Å²) >= 11 is 3.15. The van der Waals surface area contributed by atoms with Gasteiger partial charge in [0.2, 0.25) is 5.91 Å². The number of hydrogen-bond acceptors (Lipinski definition) is 6. The van der Waals surface area contributed by atoms with Crippen LogP contribution in [-0.2, 0) is 29.9 Å². The van der Waals surface area contributed by atoms with Crippen molar-refractivity contribution in [2.45, 2.75) is 31.6 Å². The largest absolute Gasteiger partial charge is 0.336 e. The molecule has 1 aromatic carbocycles. The molecular formula is C23H28N4O2S2. The number of carbonyl (C=O) groups is 1. The van der Waals surface area contributed by atoms with E-state index in [0.29, 0.717) is 30.4 Å². The van der Waals surface area contributed by atoms with Crippen molar-refractivity contribution in [3.05, 3.63) is 62.5 Å². The molecule has 1 N–H and O–H groups in total. The molecule has 3 aromatic rings. The fraction of sp³-hybridized carbons (Fsp3) is 0.435. The van der Waals surface area contributed by atoms with Gasteiger partial charge in [0.15, 0.2) is 0 Å². The fourth-order valence-electron chi connectivity index (χ4n) is 3.86. The topological polar surface area (TPSA) is 69.3 Å². The molecule has 164 valence electrons. The predicted molar refractivity (Wildman–Crippen MR) is 129 cm³/mol. The van der Waals surface area contributed by atoms with Crippen LogP contribution < -0.4 is 5.56 Å². The number of aromatic amines is 1. The third-order valence-corrected chi connectivity index (χ3v) is 7.59. The van der Waals surface area contributed by atoms with Crippen LogP contribution in [0.4, 0.5) is 0 Å². The van der Waals surface area contributed by atoms with Gasteiger partial charge in [0.05, 0.1) is 16.9 Å². The minimum Gasteiger partial charge on any atom is -0.336 e. The van der Waals surface area contributed by atoms with Crippen molar-refractivity contribution in [2.75, 3.05) is 32.9 Å². The van der Waals surface area contributed by atoms with Crippen LogP contribution in [0.3, 0.4) is 0 Å². The number of H-pyrrole nitrogens is 1. The van der Waals surface area contributed by atoms with Crippen molar-refractivity contribution >= 4 is 39.2 Å². The highest BCUT2D eigenvalue weighted by Gasteiger charge is 2.21. The number of amides is 1. The van der Waals surface area contributed by atoms with Crippen LogP contribution in [0, 0.1) is 0 Å². The molecule has 2 aromatic heterocycles. The number of thioether (sulfide) groups is 1. The van der Waals surface area contributed by atoms with E-state index >= 15 is 0 Å². The summed E-state index contributed by atoms with van der Waals surface area (Å²) in [7, 11) is 4.02. The van der Waals surface area contributed by atoms with Crippen molar-refractivity contribution in [1.29, 1.82) is 0 Å². The second-order valence-electron chi connectivity index (χ2n) is 8.15. The second-order valence-corrected chi connectivity index (χ2v) is 10.2. The zero-order chi connectivity index (χ0) is 21.8. The highest BCUT2D eigenvalue weighted by atomic mass is 32.2. The lowest BCUT2D eigenvalue weighted by atomic mass is 10.2. The number of aromatic nitrogens is 2. The standard InChI is InChI=1S/C23H28N4O2S2/c1-26(2)11-12-27(13-16-7-4-3-5-8-16)20(28)15-30-14-19-24-22(29)21-17-9-6-10-18(17)31-23(21)25-19/h3-5,7-8H,6,9-15H2,1-2H3,(H,24,25,29). The Morgan fingerprint density at radius 3 is 2.77 bits per heavy atom. The summed E-state index contributed by atoms with van der Waals surface area (Å²) in [5, 5.41) is 0.778. The highest BCUT2D eigenvalue weighted by Crippen LogP contribution is 2.34. The SMILES string of the molecule is CN(C)CCN(Cc1ccccc1)C(=O)CSCc1nc2sc3c(c2c(=O)[nH]1)CCC3. The molecule has 8 heteroatoms. The number of benzene rings is 1. The maximum atomic E-state index is 12.9. The van der Waals surface area contributed by atoms with Crippen molar-refractivity contribution in [3.63, 3.8) is 0 Å². The van der Waals surface area contributed by atoms with Crippen LogP contribution in [0.5, 0.6) is 0 Å². The van der Waals surface area contributed by atoms with Crippen molar-refractivity contribution in [3.8, 4) is 0 Å². The monoisotopic (exact) mass is 456 g/mol. The lowest BCUT2D eigenvalue weighted by Gasteiger charge is -2.24. The predicted octanol–water partition coefficient (Wildman–Crippen LogP) is 3.30. The number of aryl methyl sites for hydroxylation is 2. The number of fused-ring (bicyclic) bond motifs is 3. The highest BCUT2D eigenvalue weighted by molar-refractivity contribution is 7.99. The Morgan fingerprint density at radius 2 is 2.00 bits per heavy atom. The summed E-state index contributed by atoms with van der Waals surface area (Å²) in [5.41, 5.74) is 2.28. The molecule has 2 heterocycles. The average molecular weight is 457 g/mol. The van der Waals surface area contributed by atoms with Crippen LogP contribution in [0.1, 0.15) is 28.2 Å². The summed E-state index contributed by atoms with van der Waals surface area (Å²) in [5.74, 6) is 1.64. The minimum atomic E-state index is -0.0389. The van der Waals surface area contributed by atoms with E-state index in [0.717, 1.165) is 41.6 Å². The molecule has 0 bridgehead atoms. The summed E-state index contributed by atoms with van der Waals surface area (Å²) < 4.78 is 0. The molecule has 1 amide bonds. The van der Waals surface area contributed by atoms with E-state index in [-0.39, 0.29) is 11.5 Å². The second kappa shape index (κ2) is 9.97. The van der Waals surface area contributed by atoms with Crippen LogP contribution >= 0.6 is 23.1 Å². The van der Waals surface area contributed by atoms with Crippen LogP contribution in [0.2, 0.25) is 0 Å². The lowest BCUT2D eigenvalue weighted by molar-refractivity contribution is -0.129. The Labute approximate surface area is 190 Å². The molecule has 0 saturated heterocycles. The normalized spacial score (nSPS) is 13.1. The smallest absolute Gasteiger partial charge is 0.259 e. The molecule has 0 atom stereocenters. The third-order valence-electron chi connectivity index (χ3n) is 5.47. The Morgan fingerprint density at radius 1 is 1.19 bits per heavy atom. The third kappa shape index (κ3) is 5.37. The maximum absolute atomic E-state index is 12.9. The molecule has 31 heavy (non-hydrogen) atoms. The first-order chi connectivity index (χ1) is 15.0. The Hall–Kier alpha value is -2.16. The first kappa shape index (κ1) is 22.0. The first-order valence-corrected chi connectivity index (χ1v) is 12.6. The number of hydrogen-bond donors (Lipinski definition) is 1. The van der Waals surface area contributed by atoms with Gasteiger partial charge in [-0.2, -0.15) is 0 Å². The number of likely N-dealkylation sites (N-methyl/N-ethyl adjacent to an activating group) is 1. The molecule has 0 spiro atoms. The van der Waals surface area contributed by atoms with E-state index in [1.807, 2.05) is 49.3 Å². The molecule has 0 radical (unpaired) electrons. The first-order valence-electron chi connectivity index (χ1n) is 10.6. The maximum Gasteiger partial charge on any atom is 0.259 e. The summed E-state index contributed by atoms with van der Waals surface area (Å²) in [6.45, 7) is 2.11. The van der Waals surface area contributed by atoms with Gasteiger partial charge in [-0.05, 0) is 44.5 Å². The van der Waals surface area contributed by atoms with E-state index in [1.165, 1.54) is 22.2 Å². The van der Waals surface area contributed by atoms with Gasteiger partial charge >= 0.3 is 0 Å². The molecule has 0 fully saturated rings. The lowest BCUT2D eigenvalue weighted by Crippen LogP contribution is -2.37. The molecule has 0 saturated carbocycles. The van der Waals surface area contributed by atoms with E-state index < -0.39 is 0 Å². The minimum absolute atomic E-state index is 0.0389. The van der Waals surface area contributed by atoms with Gasteiger partial charge in [0, 0.05) is 24.5 Å². The molecule has 0 aliphatic heterocycles. The van der Waals surface area contributed by atoms with Crippen molar-refractivity contribution in [1.82, 2.24) is 19.8 Å². The summed E-state index contributed by atoms with van der Waals surface area (Å²) in [6.07, 6.45) is 3.16. The van der Waals surface area contributed by atoms with Gasteiger partial charge in [0.1, 0.15) is 10.7 Å². The number of carbonyl (C=O) groups excluding carboxylic acids is 1. The van der Waals surface area contributed by atoms with Gasteiger partial charge in [0.25, 0.3) is 5.56 Å². The van der Waals surface area contributed by atoms with Gasteiger partial charge in [-0.1, -0.05) is 30.3 Å². The molecular weight excluding hydrogens is 428 g/mol. The fourth-order valence-corrected chi connectivity index (χ4v) is 5.93. The van der Waals surface area contributed by atoms with Crippen LogP contribution in [0.15, 0.2) is 35.1 Å². The van der Waals surface area contributed by atoms with E-state index in [4.69, 9.17) is 0 Å². The van der Waals surface area contributed by atoms with Gasteiger partial charge in [-0.15, -0.1) is 23.1 Å².